The van der Waals surface area contributed by atoms with Crippen molar-refractivity contribution in [2.45, 2.75) is 31.7 Å². The number of halogens is 7. The molecule has 4 rings (SSSR count). The quantitative estimate of drug-likeness (QED) is 0.394. The molecule has 3 aromatic rings. The molecular formula is C20H16ClF6N5O. The monoisotopic (exact) mass is 491 g/mol. The zero-order valence-corrected chi connectivity index (χ0v) is 17.6. The van der Waals surface area contributed by atoms with Crippen molar-refractivity contribution >= 4 is 28.5 Å². The molecule has 0 bridgehead atoms. The number of aliphatic hydroxyl groups is 1. The van der Waals surface area contributed by atoms with E-state index in [1.54, 1.807) is 31.2 Å². The predicted octanol–water partition coefficient (Wildman–Crippen LogP) is 5.09. The Morgan fingerprint density at radius 2 is 1.79 bits per heavy atom. The van der Waals surface area contributed by atoms with Crippen LogP contribution in [0.3, 0.4) is 0 Å². The third kappa shape index (κ3) is 4.49. The van der Waals surface area contributed by atoms with E-state index in [1.807, 2.05) is 0 Å². The van der Waals surface area contributed by atoms with Gasteiger partial charge in [0.05, 0.1) is 12.6 Å². The lowest BCUT2D eigenvalue weighted by molar-refractivity contribution is -0.155. The maximum Gasteiger partial charge on any atom is 0.451 e. The van der Waals surface area contributed by atoms with Crippen molar-refractivity contribution in [1.29, 1.82) is 0 Å². The molecule has 0 saturated carbocycles. The minimum Gasteiger partial charge on any atom is -0.392 e. The molecule has 0 radical (unpaired) electrons. The first-order valence-corrected chi connectivity index (χ1v) is 10.0. The molecule has 2 aromatic heterocycles. The molecule has 0 fully saturated rings. The number of rotatable bonds is 3. The fourth-order valence-electron chi connectivity index (χ4n) is 3.76. The average Bonchev–Trinajstić information content (AvgIpc) is 3.10. The average molecular weight is 492 g/mol. The summed E-state index contributed by atoms with van der Waals surface area (Å²) in [5.74, 6) is -4.63. The lowest BCUT2D eigenvalue weighted by atomic mass is 9.96. The maximum absolute atomic E-state index is 13.3. The van der Waals surface area contributed by atoms with Gasteiger partial charge in [-0.3, -0.25) is 0 Å². The molecule has 1 unspecified atom stereocenters. The smallest absolute Gasteiger partial charge is 0.392 e. The van der Waals surface area contributed by atoms with Crippen molar-refractivity contribution in [2.75, 3.05) is 18.1 Å². The topological polar surface area (TPSA) is 77.9 Å². The third-order valence-electron chi connectivity index (χ3n) is 5.21. The molecule has 1 atom stereocenters. The van der Waals surface area contributed by atoms with Gasteiger partial charge in [-0.2, -0.15) is 36.3 Å². The number of aromatic amines is 1. The van der Waals surface area contributed by atoms with Gasteiger partial charge in [0, 0.05) is 28.2 Å². The molecule has 1 aliphatic rings. The summed E-state index contributed by atoms with van der Waals surface area (Å²) < 4.78 is 79.7. The fourth-order valence-corrected chi connectivity index (χ4v) is 3.93. The Bertz CT molecular complexity index is 1200. The van der Waals surface area contributed by atoms with Gasteiger partial charge in [-0.1, -0.05) is 17.7 Å². The van der Waals surface area contributed by atoms with Gasteiger partial charge < -0.3 is 15.0 Å². The first kappa shape index (κ1) is 23.3. The Morgan fingerprint density at radius 3 is 2.36 bits per heavy atom. The van der Waals surface area contributed by atoms with E-state index in [0.717, 1.165) is 10.9 Å². The van der Waals surface area contributed by atoms with E-state index in [4.69, 9.17) is 11.6 Å². The number of hydrogen-bond donors (Lipinski definition) is 2. The SMILES string of the molecule is C/C(=C\C1c2[nH]c3ccc(Cl)cc3c2CCN1c1nc(C(F)(F)F)nc(C(F)(F)F)n1)CO. The Balaban J connectivity index is 1.91. The molecule has 2 N–H and O–H groups in total. The number of nitrogens with one attached hydrogen (secondary N) is 1. The van der Waals surface area contributed by atoms with E-state index >= 15 is 0 Å². The van der Waals surface area contributed by atoms with Gasteiger partial charge in [-0.05, 0) is 42.7 Å². The minimum absolute atomic E-state index is 0.0188. The fraction of sp³-hybridized carbons (Fsp3) is 0.350. The molecule has 1 aromatic carbocycles. The predicted molar refractivity (Wildman–Crippen MR) is 108 cm³/mol. The van der Waals surface area contributed by atoms with Crippen molar-refractivity contribution in [3.63, 3.8) is 0 Å². The van der Waals surface area contributed by atoms with E-state index < -0.39 is 36.0 Å². The number of nitrogens with zero attached hydrogens (tertiary/aromatic N) is 4. The zero-order chi connectivity index (χ0) is 24.1. The Morgan fingerprint density at radius 1 is 1.15 bits per heavy atom. The van der Waals surface area contributed by atoms with Crippen molar-refractivity contribution < 1.29 is 31.4 Å². The van der Waals surface area contributed by atoms with Crippen LogP contribution in [0.1, 0.15) is 35.9 Å². The standard InChI is InChI=1S/C20H16ClF6N5O/c1-9(8-33)6-14-15-11(12-7-10(21)2-3-13(12)28-15)4-5-32(14)18-30-16(19(22,23)24)29-17(31-18)20(25,26)27/h2-3,6-7,14,28,33H,4-5,8H2,1H3/b9-6+. The van der Waals surface area contributed by atoms with Crippen molar-refractivity contribution in [3.8, 4) is 0 Å². The van der Waals surface area contributed by atoms with Crippen LogP contribution in [0.2, 0.25) is 5.02 Å². The molecule has 33 heavy (non-hydrogen) atoms. The second-order valence-corrected chi connectivity index (χ2v) is 7.98. The summed E-state index contributed by atoms with van der Waals surface area (Å²) in [5, 5.41) is 10.8. The van der Waals surface area contributed by atoms with Gasteiger partial charge in [0.2, 0.25) is 17.6 Å². The summed E-state index contributed by atoms with van der Waals surface area (Å²) in [6.45, 7) is 1.25. The second kappa shape index (κ2) is 8.17. The van der Waals surface area contributed by atoms with E-state index in [-0.39, 0.29) is 19.6 Å². The van der Waals surface area contributed by atoms with E-state index in [0.29, 0.717) is 21.8 Å². The number of fused-ring (bicyclic) bond motifs is 3. The van der Waals surface area contributed by atoms with E-state index in [2.05, 4.69) is 19.9 Å². The summed E-state index contributed by atoms with van der Waals surface area (Å²) in [7, 11) is 0. The van der Waals surface area contributed by atoms with Gasteiger partial charge in [-0.15, -0.1) is 0 Å². The minimum atomic E-state index is -5.21. The third-order valence-corrected chi connectivity index (χ3v) is 5.45. The number of anilines is 1. The first-order valence-electron chi connectivity index (χ1n) is 9.63. The summed E-state index contributed by atoms with van der Waals surface area (Å²) in [5.41, 5.74) is 2.51. The first-order chi connectivity index (χ1) is 15.4. The zero-order valence-electron chi connectivity index (χ0n) is 16.9. The van der Waals surface area contributed by atoms with Crippen LogP contribution in [-0.4, -0.2) is 38.2 Å². The normalized spacial score (nSPS) is 17.5. The van der Waals surface area contributed by atoms with E-state index in [1.165, 1.54) is 4.90 Å². The van der Waals surface area contributed by atoms with Gasteiger partial charge in [0.15, 0.2) is 0 Å². The van der Waals surface area contributed by atoms with Crippen molar-refractivity contribution in [1.82, 2.24) is 19.9 Å². The lowest BCUT2D eigenvalue weighted by Crippen LogP contribution is -2.37. The number of aliphatic hydroxyl groups excluding tert-OH is 1. The van der Waals surface area contributed by atoms with Crippen molar-refractivity contribution in [2.24, 2.45) is 0 Å². The largest absolute Gasteiger partial charge is 0.451 e. The Kier molecular flexibility index (Phi) is 5.77. The molecule has 0 saturated heterocycles. The molecule has 0 aliphatic carbocycles. The second-order valence-electron chi connectivity index (χ2n) is 7.54. The highest BCUT2D eigenvalue weighted by molar-refractivity contribution is 6.31. The van der Waals surface area contributed by atoms with Gasteiger partial charge in [0.1, 0.15) is 0 Å². The van der Waals surface area contributed by atoms with Crippen LogP contribution in [0.25, 0.3) is 10.9 Å². The molecule has 176 valence electrons. The van der Waals surface area contributed by atoms with E-state index in [9.17, 15) is 31.4 Å². The highest BCUT2D eigenvalue weighted by atomic mass is 35.5. The summed E-state index contributed by atoms with van der Waals surface area (Å²) >= 11 is 6.10. The summed E-state index contributed by atoms with van der Waals surface area (Å²) in [6.07, 6.45) is -8.59. The molecule has 6 nitrogen and oxygen atoms in total. The van der Waals surface area contributed by atoms with Gasteiger partial charge in [-0.25, -0.2) is 4.98 Å². The number of aromatic nitrogens is 4. The molecule has 0 spiro atoms. The lowest BCUT2D eigenvalue weighted by Gasteiger charge is -2.35. The number of alkyl halides is 6. The number of hydrogen-bond acceptors (Lipinski definition) is 5. The summed E-state index contributed by atoms with van der Waals surface area (Å²) in [4.78, 5) is 13.6. The Hall–Kier alpha value is -2.86. The molecule has 0 amide bonds. The van der Waals surface area contributed by atoms with Gasteiger partial charge >= 0.3 is 12.4 Å². The van der Waals surface area contributed by atoms with Crippen LogP contribution >= 0.6 is 11.6 Å². The van der Waals surface area contributed by atoms with Gasteiger partial charge in [0.25, 0.3) is 0 Å². The van der Waals surface area contributed by atoms with Crippen LogP contribution < -0.4 is 4.90 Å². The maximum atomic E-state index is 13.3. The van der Waals surface area contributed by atoms with Crippen LogP contribution in [0.4, 0.5) is 32.3 Å². The number of benzene rings is 1. The van der Waals surface area contributed by atoms with Crippen LogP contribution in [0, 0.1) is 0 Å². The van der Waals surface area contributed by atoms with Crippen LogP contribution in [0.5, 0.6) is 0 Å². The molecule has 13 heteroatoms. The highest BCUT2D eigenvalue weighted by Crippen LogP contribution is 2.40. The molecular weight excluding hydrogens is 476 g/mol. The molecule has 1 aliphatic heterocycles. The Labute approximate surface area is 187 Å². The highest BCUT2D eigenvalue weighted by Gasteiger charge is 2.43. The van der Waals surface area contributed by atoms with Crippen LogP contribution in [-0.2, 0) is 18.8 Å². The number of H-pyrrole nitrogens is 1. The van der Waals surface area contributed by atoms with Crippen LogP contribution in [0.15, 0.2) is 29.8 Å². The molecule has 3 heterocycles. The van der Waals surface area contributed by atoms with Crippen molar-refractivity contribution in [3.05, 3.63) is 57.8 Å². The summed E-state index contributed by atoms with van der Waals surface area (Å²) in [6, 6.07) is 4.25.